The van der Waals surface area contributed by atoms with Crippen molar-refractivity contribution in [3.63, 3.8) is 0 Å². The standard InChI is InChI=1S/C24H22N4O5S2.Na/c1-2-16-7-3-4-8-21(16)28-34(29,30)23-10-6-5-9-22(23)26-27-24-19-13-12-18(35(31,32)33)15-17(19)11-14-20(24)25;/h3-15,28H,2,25H2,1H3,(H,31,32,33);/q;+1/p-1. The number of anilines is 2. The van der Waals surface area contributed by atoms with Crippen LogP contribution in [0.5, 0.6) is 0 Å². The van der Waals surface area contributed by atoms with Crippen molar-refractivity contribution in [2.45, 2.75) is 23.1 Å². The molecule has 0 aromatic heterocycles. The molecule has 0 aliphatic heterocycles. The molecule has 36 heavy (non-hydrogen) atoms. The summed E-state index contributed by atoms with van der Waals surface area (Å²) in [6, 6.07) is 20.1. The zero-order chi connectivity index (χ0) is 25.2. The van der Waals surface area contributed by atoms with Crippen LogP contribution in [0.4, 0.5) is 22.7 Å². The van der Waals surface area contributed by atoms with Crippen molar-refractivity contribution in [2.24, 2.45) is 10.2 Å². The van der Waals surface area contributed by atoms with E-state index in [1.54, 1.807) is 30.3 Å². The van der Waals surface area contributed by atoms with Crippen molar-refractivity contribution in [1.29, 1.82) is 0 Å². The summed E-state index contributed by atoms with van der Waals surface area (Å²) >= 11 is 0. The molecule has 3 N–H and O–H groups in total. The number of fused-ring (bicyclic) bond motifs is 1. The Morgan fingerprint density at radius 1 is 0.889 bits per heavy atom. The Hall–Kier alpha value is -2.80. The first-order valence-electron chi connectivity index (χ1n) is 10.5. The molecule has 0 aliphatic rings. The first kappa shape index (κ1) is 27.8. The molecule has 4 rings (SSSR count). The fraction of sp³-hybridized carbons (Fsp3) is 0.0833. The summed E-state index contributed by atoms with van der Waals surface area (Å²) in [6.07, 6.45) is 0.649. The number of hydrogen-bond donors (Lipinski definition) is 2. The summed E-state index contributed by atoms with van der Waals surface area (Å²) in [5.74, 6) is 0. The Labute approximate surface area is 231 Å². The molecule has 9 nitrogen and oxygen atoms in total. The summed E-state index contributed by atoms with van der Waals surface area (Å²) in [6.45, 7) is 1.93. The molecular formula is C24H21N4NaO5S2. The van der Waals surface area contributed by atoms with Gasteiger partial charge in [0.2, 0.25) is 0 Å². The number of aryl methyl sites for hydroxylation is 1. The SMILES string of the molecule is CCc1ccccc1NS(=O)(=O)c1ccccc1N=Nc1c(N)ccc2cc(S(=O)(=O)[O-])ccc12.[Na+]. The monoisotopic (exact) mass is 532 g/mol. The topological polar surface area (TPSA) is 154 Å². The average molecular weight is 533 g/mol. The summed E-state index contributed by atoms with van der Waals surface area (Å²) in [4.78, 5) is -0.458. The van der Waals surface area contributed by atoms with Gasteiger partial charge in [-0.15, -0.1) is 10.2 Å². The number of sulfonamides is 1. The molecule has 0 atom stereocenters. The molecule has 180 valence electrons. The van der Waals surface area contributed by atoms with Gasteiger partial charge in [0.25, 0.3) is 10.0 Å². The van der Waals surface area contributed by atoms with Crippen LogP contribution in [0.3, 0.4) is 0 Å². The van der Waals surface area contributed by atoms with E-state index in [-0.39, 0.29) is 56.4 Å². The van der Waals surface area contributed by atoms with Crippen LogP contribution in [0.25, 0.3) is 10.8 Å². The number of para-hydroxylation sites is 1. The van der Waals surface area contributed by atoms with E-state index in [0.29, 0.717) is 22.9 Å². The molecule has 4 aromatic carbocycles. The quantitative estimate of drug-likeness (QED) is 0.161. The zero-order valence-corrected chi connectivity index (χ0v) is 23.2. The average Bonchev–Trinajstić information content (AvgIpc) is 2.83. The first-order chi connectivity index (χ1) is 16.6. The molecule has 4 aromatic rings. The molecule has 12 heteroatoms. The number of azo groups is 1. The van der Waals surface area contributed by atoms with E-state index in [0.717, 1.165) is 11.6 Å². The van der Waals surface area contributed by atoms with Crippen molar-refractivity contribution >= 4 is 53.7 Å². The Morgan fingerprint density at radius 3 is 2.31 bits per heavy atom. The van der Waals surface area contributed by atoms with E-state index in [4.69, 9.17) is 5.73 Å². The number of nitrogens with zero attached hydrogens (tertiary/aromatic N) is 2. The molecule has 0 amide bonds. The van der Waals surface area contributed by atoms with Gasteiger partial charge in [0.1, 0.15) is 26.4 Å². The maximum atomic E-state index is 13.2. The van der Waals surface area contributed by atoms with Gasteiger partial charge in [-0.1, -0.05) is 49.4 Å². The molecule has 0 unspecified atom stereocenters. The van der Waals surface area contributed by atoms with Crippen molar-refractivity contribution in [2.75, 3.05) is 10.5 Å². The van der Waals surface area contributed by atoms with Crippen molar-refractivity contribution < 1.29 is 50.9 Å². The minimum Gasteiger partial charge on any atom is -0.744 e. The van der Waals surface area contributed by atoms with Gasteiger partial charge in [-0.25, -0.2) is 16.8 Å². The summed E-state index contributed by atoms with van der Waals surface area (Å²) < 4.78 is 63.1. The molecule has 0 heterocycles. The second kappa shape index (κ2) is 11.1. The Kier molecular flexibility index (Phi) is 8.55. The van der Waals surface area contributed by atoms with Gasteiger partial charge in [-0.2, -0.15) is 0 Å². The van der Waals surface area contributed by atoms with E-state index in [1.807, 2.05) is 19.1 Å². The molecule has 0 saturated heterocycles. The third-order valence-corrected chi connectivity index (χ3v) is 7.58. The van der Waals surface area contributed by atoms with Gasteiger partial charge in [-0.05, 0) is 53.8 Å². The van der Waals surface area contributed by atoms with E-state index >= 15 is 0 Å². The van der Waals surface area contributed by atoms with Crippen LogP contribution in [-0.4, -0.2) is 21.4 Å². The van der Waals surface area contributed by atoms with E-state index in [2.05, 4.69) is 15.0 Å². The second-order valence-corrected chi connectivity index (χ2v) is 10.7. The van der Waals surface area contributed by atoms with Crippen LogP contribution in [0.15, 0.2) is 98.9 Å². The van der Waals surface area contributed by atoms with Crippen molar-refractivity contribution in [3.8, 4) is 0 Å². The molecule has 0 fully saturated rings. The van der Waals surface area contributed by atoms with Crippen LogP contribution < -0.4 is 40.0 Å². The minimum atomic E-state index is -4.63. The first-order valence-corrected chi connectivity index (χ1v) is 13.4. The van der Waals surface area contributed by atoms with E-state index in [9.17, 15) is 21.4 Å². The van der Waals surface area contributed by atoms with Crippen molar-refractivity contribution in [1.82, 2.24) is 0 Å². The summed E-state index contributed by atoms with van der Waals surface area (Å²) in [5, 5.41) is 9.22. The fourth-order valence-electron chi connectivity index (χ4n) is 3.57. The Balaban J connectivity index is 0.00000361. The smallest absolute Gasteiger partial charge is 0.744 e. The van der Waals surface area contributed by atoms with Crippen molar-refractivity contribution in [3.05, 3.63) is 84.4 Å². The predicted octanol–water partition coefficient (Wildman–Crippen LogP) is 2.11. The fourth-order valence-corrected chi connectivity index (χ4v) is 5.32. The van der Waals surface area contributed by atoms with Crippen LogP contribution in [-0.2, 0) is 26.6 Å². The van der Waals surface area contributed by atoms with Gasteiger partial charge in [0.15, 0.2) is 0 Å². The van der Waals surface area contributed by atoms with Gasteiger partial charge in [0.05, 0.1) is 16.3 Å². The molecule has 0 aliphatic carbocycles. The molecule has 0 spiro atoms. The maximum Gasteiger partial charge on any atom is 1.00 e. The van der Waals surface area contributed by atoms with E-state index in [1.165, 1.54) is 30.3 Å². The number of benzene rings is 4. The molecular weight excluding hydrogens is 511 g/mol. The summed E-state index contributed by atoms with van der Waals surface area (Å²) in [5.41, 5.74) is 7.94. The largest absolute Gasteiger partial charge is 1.00 e. The third kappa shape index (κ3) is 5.94. The van der Waals surface area contributed by atoms with E-state index < -0.39 is 20.1 Å². The van der Waals surface area contributed by atoms with Crippen LogP contribution in [0.2, 0.25) is 0 Å². The second-order valence-electron chi connectivity index (χ2n) is 7.62. The molecule has 0 radical (unpaired) electrons. The number of nitrogens with two attached hydrogens (primary N) is 1. The molecule has 0 bridgehead atoms. The van der Waals surface area contributed by atoms with Gasteiger partial charge in [0, 0.05) is 5.39 Å². The van der Waals surface area contributed by atoms with Crippen LogP contribution in [0, 0.1) is 0 Å². The van der Waals surface area contributed by atoms with Crippen LogP contribution >= 0.6 is 0 Å². The zero-order valence-electron chi connectivity index (χ0n) is 19.5. The Morgan fingerprint density at radius 2 is 1.58 bits per heavy atom. The number of rotatable bonds is 7. The van der Waals surface area contributed by atoms with Gasteiger partial charge >= 0.3 is 29.6 Å². The third-order valence-electron chi connectivity index (χ3n) is 5.34. The number of nitrogen functional groups attached to an aromatic ring is 1. The Bertz CT molecular complexity index is 1670. The minimum absolute atomic E-state index is 0. The van der Waals surface area contributed by atoms with Crippen LogP contribution in [0.1, 0.15) is 12.5 Å². The van der Waals surface area contributed by atoms with Gasteiger partial charge < -0.3 is 10.3 Å². The predicted molar refractivity (Wildman–Crippen MR) is 134 cm³/mol. The normalized spacial score (nSPS) is 11.9. The maximum absolute atomic E-state index is 13.2. The molecule has 0 saturated carbocycles. The van der Waals surface area contributed by atoms with Gasteiger partial charge in [-0.3, -0.25) is 4.72 Å². The number of nitrogens with one attached hydrogen (secondary N) is 1. The number of hydrogen-bond acceptors (Lipinski definition) is 8. The summed E-state index contributed by atoms with van der Waals surface area (Å²) in [7, 11) is -8.63.